The van der Waals surface area contributed by atoms with Gasteiger partial charge >= 0.3 is 0 Å². The molecule has 2 aliphatic heterocycles. The van der Waals surface area contributed by atoms with E-state index >= 15 is 0 Å². The van der Waals surface area contributed by atoms with E-state index in [9.17, 15) is 9.18 Å². The minimum Gasteiger partial charge on any atom is -0.316 e. The molecule has 6 nitrogen and oxygen atoms in total. The second kappa shape index (κ2) is 5.60. The lowest BCUT2D eigenvalue weighted by Crippen LogP contribution is -2.36. The molecule has 1 atom stereocenters. The van der Waals surface area contributed by atoms with Crippen LogP contribution in [0.15, 0.2) is 36.5 Å². The molecule has 0 unspecified atom stereocenters. The van der Waals surface area contributed by atoms with Crippen LogP contribution in [-0.4, -0.2) is 40.7 Å². The number of hydrogen-bond donors (Lipinski definition) is 2. The maximum Gasteiger partial charge on any atom is 0.234 e. The van der Waals surface area contributed by atoms with Crippen molar-refractivity contribution >= 4 is 22.5 Å². The van der Waals surface area contributed by atoms with Gasteiger partial charge in [-0.15, -0.1) is 0 Å². The van der Waals surface area contributed by atoms with E-state index in [1.165, 1.54) is 12.3 Å². The van der Waals surface area contributed by atoms with E-state index in [0.29, 0.717) is 11.4 Å². The lowest BCUT2D eigenvalue weighted by atomic mass is 9.86. The molecule has 2 fully saturated rings. The Morgan fingerprint density at radius 2 is 2.12 bits per heavy atom. The highest BCUT2D eigenvalue weighted by Gasteiger charge is 2.48. The van der Waals surface area contributed by atoms with Crippen LogP contribution in [0, 0.1) is 11.2 Å². The van der Waals surface area contributed by atoms with Crippen LogP contribution in [0.2, 0.25) is 0 Å². The molecule has 2 saturated heterocycles. The van der Waals surface area contributed by atoms with Crippen molar-refractivity contribution in [2.75, 3.05) is 24.5 Å². The molecular formula is C19H18FN5O. The van der Waals surface area contributed by atoms with Crippen molar-refractivity contribution in [1.29, 1.82) is 0 Å². The molecule has 7 heteroatoms. The van der Waals surface area contributed by atoms with Gasteiger partial charge in [-0.25, -0.2) is 4.39 Å². The van der Waals surface area contributed by atoms with Gasteiger partial charge in [-0.2, -0.15) is 5.10 Å². The minimum absolute atomic E-state index is 0.201. The number of carbonyl (C=O) groups is 1. The van der Waals surface area contributed by atoms with Gasteiger partial charge in [0.05, 0.1) is 22.8 Å². The molecule has 0 bridgehead atoms. The van der Waals surface area contributed by atoms with Crippen LogP contribution in [0.25, 0.3) is 22.3 Å². The van der Waals surface area contributed by atoms with Gasteiger partial charge in [-0.1, -0.05) is 0 Å². The van der Waals surface area contributed by atoms with Crippen molar-refractivity contribution in [3.63, 3.8) is 0 Å². The summed E-state index contributed by atoms with van der Waals surface area (Å²) in [7, 11) is 0. The summed E-state index contributed by atoms with van der Waals surface area (Å²) >= 11 is 0. The lowest BCUT2D eigenvalue weighted by Gasteiger charge is -2.22. The van der Waals surface area contributed by atoms with Crippen molar-refractivity contribution in [2.24, 2.45) is 5.41 Å². The van der Waals surface area contributed by atoms with Crippen LogP contribution in [0.5, 0.6) is 0 Å². The number of anilines is 1. The van der Waals surface area contributed by atoms with E-state index in [1.54, 1.807) is 6.07 Å². The second-order valence-electron chi connectivity index (χ2n) is 7.08. The molecule has 26 heavy (non-hydrogen) atoms. The summed E-state index contributed by atoms with van der Waals surface area (Å²) in [5, 5.41) is 11.5. The largest absolute Gasteiger partial charge is 0.316 e. The van der Waals surface area contributed by atoms with Gasteiger partial charge in [0.2, 0.25) is 5.91 Å². The number of aromatic amines is 1. The molecule has 0 aliphatic carbocycles. The average molecular weight is 351 g/mol. The lowest BCUT2D eigenvalue weighted by molar-refractivity contribution is -0.124. The number of benzene rings is 1. The molecule has 1 amide bonds. The summed E-state index contributed by atoms with van der Waals surface area (Å²) in [5.74, 6) is -0.181. The van der Waals surface area contributed by atoms with E-state index in [2.05, 4.69) is 20.5 Å². The van der Waals surface area contributed by atoms with Crippen molar-refractivity contribution in [2.45, 2.75) is 12.8 Å². The van der Waals surface area contributed by atoms with E-state index in [1.807, 2.05) is 23.1 Å². The van der Waals surface area contributed by atoms with Gasteiger partial charge in [-0.3, -0.25) is 14.9 Å². The molecular weight excluding hydrogens is 333 g/mol. The maximum atomic E-state index is 13.2. The molecule has 1 aromatic carbocycles. The molecule has 2 aliphatic rings. The zero-order chi connectivity index (χ0) is 17.7. The van der Waals surface area contributed by atoms with Gasteiger partial charge in [0.25, 0.3) is 0 Å². The van der Waals surface area contributed by atoms with Gasteiger partial charge in [0, 0.05) is 24.2 Å². The highest BCUT2D eigenvalue weighted by Crippen LogP contribution is 2.40. The fourth-order valence-corrected chi connectivity index (χ4v) is 4.09. The first-order valence-corrected chi connectivity index (χ1v) is 8.79. The zero-order valence-electron chi connectivity index (χ0n) is 14.1. The molecule has 2 N–H and O–H groups in total. The Labute approximate surface area is 149 Å². The monoisotopic (exact) mass is 351 g/mol. The number of pyridine rings is 1. The van der Waals surface area contributed by atoms with Crippen molar-refractivity contribution in [3.8, 4) is 11.4 Å². The number of rotatable bonds is 2. The quantitative estimate of drug-likeness (QED) is 0.744. The normalized spacial score (nSPS) is 22.8. The number of halogens is 1. The fourth-order valence-electron chi connectivity index (χ4n) is 4.09. The van der Waals surface area contributed by atoms with E-state index in [-0.39, 0.29) is 17.1 Å². The zero-order valence-corrected chi connectivity index (χ0v) is 14.1. The van der Waals surface area contributed by atoms with E-state index < -0.39 is 0 Å². The molecule has 3 aromatic rings. The molecule has 2 aromatic heterocycles. The number of nitrogens with zero attached hydrogens (tertiary/aromatic N) is 3. The predicted octanol–water partition coefficient (Wildman–Crippen LogP) is 2.48. The third-order valence-corrected chi connectivity index (χ3v) is 5.58. The van der Waals surface area contributed by atoms with E-state index in [4.69, 9.17) is 0 Å². The smallest absolute Gasteiger partial charge is 0.234 e. The van der Waals surface area contributed by atoms with Crippen LogP contribution < -0.4 is 10.2 Å². The molecule has 0 radical (unpaired) electrons. The Balaban J connectivity index is 1.55. The summed E-state index contributed by atoms with van der Waals surface area (Å²) in [6.07, 6.45) is 2.97. The molecule has 132 valence electrons. The maximum absolute atomic E-state index is 13.2. The first-order valence-electron chi connectivity index (χ1n) is 8.79. The highest BCUT2D eigenvalue weighted by atomic mass is 19.1. The number of carbonyl (C=O) groups excluding carboxylic acids is 1. The minimum atomic E-state index is -0.382. The van der Waals surface area contributed by atoms with Gasteiger partial charge in [-0.05, 0) is 49.7 Å². The fraction of sp³-hybridized carbons (Fsp3) is 0.316. The number of hydrogen-bond acceptors (Lipinski definition) is 4. The standard InChI is InChI=1S/C19H18FN5O/c20-12-1-3-16(22-10-12)17-14-9-13(2-4-15(14)23-24-17)25-8-6-19(18(25)26)5-7-21-11-19/h1-4,9-10,21H,5-8,11H2,(H,23,24)/t19-/m0/s1. The van der Waals surface area contributed by atoms with E-state index in [0.717, 1.165) is 49.1 Å². The summed E-state index contributed by atoms with van der Waals surface area (Å²) in [4.78, 5) is 19.0. The molecule has 0 saturated carbocycles. The van der Waals surface area contributed by atoms with Crippen LogP contribution in [-0.2, 0) is 4.79 Å². The Kier molecular flexibility index (Phi) is 3.33. The third kappa shape index (κ3) is 2.24. The Hall–Kier alpha value is -2.80. The Bertz CT molecular complexity index is 991. The summed E-state index contributed by atoms with van der Waals surface area (Å²) < 4.78 is 13.2. The number of amides is 1. The summed E-state index contributed by atoms with van der Waals surface area (Å²) in [6.45, 7) is 2.40. The number of fused-ring (bicyclic) bond motifs is 1. The van der Waals surface area contributed by atoms with Gasteiger partial charge in [0.1, 0.15) is 11.5 Å². The van der Waals surface area contributed by atoms with Crippen LogP contribution >= 0.6 is 0 Å². The Morgan fingerprint density at radius 3 is 2.88 bits per heavy atom. The molecule has 5 rings (SSSR count). The second-order valence-corrected chi connectivity index (χ2v) is 7.08. The van der Waals surface area contributed by atoms with Crippen LogP contribution in [0.4, 0.5) is 10.1 Å². The van der Waals surface area contributed by atoms with Crippen molar-refractivity contribution in [3.05, 3.63) is 42.3 Å². The molecule has 1 spiro atoms. The molecule has 4 heterocycles. The number of H-pyrrole nitrogens is 1. The van der Waals surface area contributed by atoms with Gasteiger partial charge in [0.15, 0.2) is 0 Å². The third-order valence-electron chi connectivity index (χ3n) is 5.58. The summed E-state index contributed by atoms with van der Waals surface area (Å²) in [5.41, 5.74) is 2.74. The van der Waals surface area contributed by atoms with Gasteiger partial charge < -0.3 is 10.2 Å². The predicted molar refractivity (Wildman–Crippen MR) is 96.2 cm³/mol. The first-order chi connectivity index (χ1) is 12.7. The first kappa shape index (κ1) is 15.5. The van der Waals surface area contributed by atoms with Crippen molar-refractivity contribution < 1.29 is 9.18 Å². The van der Waals surface area contributed by atoms with Crippen molar-refractivity contribution in [1.82, 2.24) is 20.5 Å². The topological polar surface area (TPSA) is 73.9 Å². The average Bonchev–Trinajstić information content (AvgIpc) is 3.37. The Morgan fingerprint density at radius 1 is 1.19 bits per heavy atom. The number of aromatic nitrogens is 3. The summed E-state index contributed by atoms with van der Waals surface area (Å²) in [6, 6.07) is 8.82. The SMILES string of the molecule is O=C1N(c2ccc3[nH]nc(-c4ccc(F)cn4)c3c2)CC[C@]12CCNC2. The number of nitrogens with one attached hydrogen (secondary N) is 2. The van der Waals surface area contributed by atoms with Crippen LogP contribution in [0.1, 0.15) is 12.8 Å². The van der Waals surface area contributed by atoms with Crippen LogP contribution in [0.3, 0.4) is 0 Å². The highest BCUT2D eigenvalue weighted by molar-refractivity contribution is 6.03.